The van der Waals surface area contributed by atoms with Crippen molar-refractivity contribution in [2.45, 2.75) is 4.90 Å². The van der Waals surface area contributed by atoms with Gasteiger partial charge in [-0.05, 0) is 12.1 Å². The van der Waals surface area contributed by atoms with Crippen LogP contribution < -0.4 is 11.5 Å². The molecule has 0 saturated carbocycles. The van der Waals surface area contributed by atoms with Crippen molar-refractivity contribution in [3.63, 3.8) is 0 Å². The summed E-state index contributed by atoms with van der Waals surface area (Å²) in [5, 5.41) is 0.0112. The van der Waals surface area contributed by atoms with Crippen molar-refractivity contribution in [1.29, 1.82) is 0 Å². The summed E-state index contributed by atoms with van der Waals surface area (Å²) >= 11 is 5.83. The fourth-order valence-corrected chi connectivity index (χ4v) is 2.40. The Bertz CT molecular complexity index is 797. The smallest absolute Gasteiger partial charge is 0.309 e. The molecule has 2 rings (SSSR count). The molecule has 1 heterocycles. The van der Waals surface area contributed by atoms with E-state index in [-0.39, 0.29) is 27.7 Å². The van der Waals surface area contributed by atoms with E-state index in [0.717, 1.165) is 12.3 Å². The van der Waals surface area contributed by atoms with Crippen LogP contribution in [0.3, 0.4) is 0 Å². The average molecular weight is 319 g/mol. The highest BCUT2D eigenvalue weighted by atomic mass is 35.5. The average Bonchev–Trinajstić information content (AvgIpc) is 2.34. The summed E-state index contributed by atoms with van der Waals surface area (Å²) in [7, 11) is -4.52. The molecule has 106 valence electrons. The number of anilines is 2. The maximum Gasteiger partial charge on any atom is 0.309 e. The van der Waals surface area contributed by atoms with Gasteiger partial charge in [-0.1, -0.05) is 11.6 Å². The minimum atomic E-state index is -4.52. The summed E-state index contributed by atoms with van der Waals surface area (Å²) in [6.07, 6.45) is 0.00664. The first-order valence-corrected chi connectivity index (χ1v) is 6.87. The van der Waals surface area contributed by atoms with E-state index in [4.69, 9.17) is 27.6 Å². The van der Waals surface area contributed by atoms with Crippen molar-refractivity contribution in [3.05, 3.63) is 29.4 Å². The molecule has 0 aliphatic carbocycles. The highest BCUT2D eigenvalue weighted by Crippen LogP contribution is 2.36. The first-order chi connectivity index (χ1) is 9.21. The van der Waals surface area contributed by atoms with Crippen LogP contribution in [0, 0.1) is 6.08 Å². The van der Waals surface area contributed by atoms with Crippen LogP contribution in [0.25, 0.3) is 11.3 Å². The van der Waals surface area contributed by atoms with Crippen molar-refractivity contribution < 1.29 is 17.4 Å². The predicted octanol–water partition coefficient (Wildman–Crippen LogP) is 1.35. The standard InChI is InChI=1S/C10H8ClFN4O3S/c11-5-3-15-10(12)16-9(5)4-1-2-6(20(17,18)19)8(14)7(4)13/h1-3H,13-14H2,(H,17,18,19). The number of halogens is 2. The van der Waals surface area contributed by atoms with E-state index in [2.05, 4.69) is 9.97 Å². The third-order valence-electron chi connectivity index (χ3n) is 2.49. The molecule has 0 unspecified atom stereocenters. The summed E-state index contributed by atoms with van der Waals surface area (Å²) in [5.74, 6) is 0. The lowest BCUT2D eigenvalue weighted by molar-refractivity contribution is 0.483. The van der Waals surface area contributed by atoms with Gasteiger partial charge in [-0.2, -0.15) is 12.8 Å². The number of aromatic nitrogens is 2. The van der Waals surface area contributed by atoms with E-state index in [1.807, 2.05) is 0 Å². The maximum atomic E-state index is 13.0. The van der Waals surface area contributed by atoms with E-state index >= 15 is 0 Å². The topological polar surface area (TPSA) is 132 Å². The van der Waals surface area contributed by atoms with E-state index in [1.165, 1.54) is 6.07 Å². The predicted molar refractivity (Wildman–Crippen MR) is 71.1 cm³/mol. The lowest BCUT2D eigenvalue weighted by Crippen LogP contribution is -2.07. The van der Waals surface area contributed by atoms with Crippen LogP contribution in [-0.4, -0.2) is 22.9 Å². The zero-order valence-corrected chi connectivity index (χ0v) is 11.3. The quantitative estimate of drug-likeness (QED) is 0.432. The van der Waals surface area contributed by atoms with Crippen LogP contribution in [-0.2, 0) is 10.1 Å². The molecule has 10 heteroatoms. The summed E-state index contributed by atoms with van der Waals surface area (Å²) in [6, 6.07) is 2.23. The molecule has 5 N–H and O–H groups in total. The highest BCUT2D eigenvalue weighted by Gasteiger charge is 2.20. The Morgan fingerprint density at radius 3 is 2.50 bits per heavy atom. The van der Waals surface area contributed by atoms with Gasteiger partial charge in [-0.3, -0.25) is 4.55 Å². The van der Waals surface area contributed by atoms with E-state index in [9.17, 15) is 12.8 Å². The second kappa shape index (κ2) is 4.85. The van der Waals surface area contributed by atoms with E-state index in [1.54, 1.807) is 0 Å². The Balaban J connectivity index is 2.72. The molecule has 2 aromatic rings. The zero-order valence-electron chi connectivity index (χ0n) is 9.71. The summed E-state index contributed by atoms with van der Waals surface area (Å²) in [6.45, 7) is 0. The van der Waals surface area contributed by atoms with Gasteiger partial charge in [0.25, 0.3) is 10.1 Å². The van der Waals surface area contributed by atoms with Gasteiger partial charge in [0, 0.05) is 5.56 Å². The molecular formula is C10H8ClFN4O3S. The van der Waals surface area contributed by atoms with Gasteiger partial charge in [0.1, 0.15) is 4.90 Å². The molecule has 0 spiro atoms. The number of hydrogen-bond acceptors (Lipinski definition) is 6. The second-order valence-electron chi connectivity index (χ2n) is 3.75. The van der Waals surface area contributed by atoms with E-state index < -0.39 is 21.1 Å². The van der Waals surface area contributed by atoms with Gasteiger partial charge >= 0.3 is 6.08 Å². The molecule has 7 nitrogen and oxygen atoms in total. The molecule has 20 heavy (non-hydrogen) atoms. The van der Waals surface area contributed by atoms with Crippen LogP contribution in [0.4, 0.5) is 15.8 Å². The summed E-state index contributed by atoms with van der Waals surface area (Å²) in [5.41, 5.74) is 10.8. The molecular weight excluding hydrogens is 311 g/mol. The first kappa shape index (κ1) is 14.4. The largest absolute Gasteiger partial charge is 0.396 e. The first-order valence-electron chi connectivity index (χ1n) is 5.05. The lowest BCUT2D eigenvalue weighted by Gasteiger charge is -2.11. The monoisotopic (exact) mass is 318 g/mol. The number of hydrogen-bond donors (Lipinski definition) is 3. The Morgan fingerprint density at radius 1 is 1.25 bits per heavy atom. The second-order valence-corrected chi connectivity index (χ2v) is 5.55. The van der Waals surface area contributed by atoms with Crippen molar-refractivity contribution >= 4 is 33.1 Å². The normalized spacial score (nSPS) is 11.6. The molecule has 0 aliphatic rings. The zero-order chi connectivity index (χ0) is 15.1. The van der Waals surface area contributed by atoms with Gasteiger partial charge < -0.3 is 11.5 Å². The highest BCUT2D eigenvalue weighted by molar-refractivity contribution is 7.86. The Hall–Kier alpha value is -1.97. The van der Waals surface area contributed by atoms with Crippen LogP contribution >= 0.6 is 11.6 Å². The van der Waals surface area contributed by atoms with Crippen molar-refractivity contribution in [1.82, 2.24) is 9.97 Å². The van der Waals surface area contributed by atoms with Crippen LogP contribution in [0.5, 0.6) is 0 Å². The minimum Gasteiger partial charge on any atom is -0.396 e. The SMILES string of the molecule is Nc1c(-c2nc(F)ncc2Cl)ccc(S(=O)(=O)O)c1N. The van der Waals surface area contributed by atoms with Crippen LogP contribution in [0.2, 0.25) is 5.02 Å². The fraction of sp³-hybridized carbons (Fsp3) is 0. The third kappa shape index (κ3) is 2.50. The van der Waals surface area contributed by atoms with Gasteiger partial charge in [0.2, 0.25) is 0 Å². The number of nitrogens with zero attached hydrogens (tertiary/aromatic N) is 2. The third-order valence-corrected chi connectivity index (χ3v) is 3.68. The molecule has 0 fully saturated rings. The lowest BCUT2D eigenvalue weighted by atomic mass is 10.1. The number of nitrogen functional groups attached to an aromatic ring is 2. The molecule has 1 aromatic carbocycles. The van der Waals surface area contributed by atoms with Crippen LogP contribution in [0.15, 0.2) is 23.2 Å². The Morgan fingerprint density at radius 2 is 1.90 bits per heavy atom. The van der Waals surface area contributed by atoms with Gasteiger partial charge in [0.15, 0.2) is 0 Å². The van der Waals surface area contributed by atoms with Gasteiger partial charge in [0.05, 0.1) is 28.3 Å². The number of rotatable bonds is 2. The molecule has 0 saturated heterocycles. The Labute approximate surface area is 118 Å². The minimum absolute atomic E-state index is 0.0112. The van der Waals surface area contributed by atoms with Crippen molar-refractivity contribution in [2.75, 3.05) is 11.5 Å². The number of nitrogens with two attached hydrogens (primary N) is 2. The van der Waals surface area contributed by atoms with Crippen molar-refractivity contribution in [2.24, 2.45) is 0 Å². The molecule has 1 aromatic heterocycles. The molecule has 0 radical (unpaired) electrons. The number of benzene rings is 1. The van der Waals surface area contributed by atoms with Crippen LogP contribution in [0.1, 0.15) is 0 Å². The van der Waals surface area contributed by atoms with E-state index in [0.29, 0.717) is 0 Å². The molecule has 0 atom stereocenters. The molecule has 0 bridgehead atoms. The summed E-state index contributed by atoms with van der Waals surface area (Å²) < 4.78 is 44.2. The van der Waals surface area contributed by atoms with Gasteiger partial charge in [-0.15, -0.1) is 0 Å². The van der Waals surface area contributed by atoms with Gasteiger partial charge in [-0.25, -0.2) is 9.97 Å². The maximum absolute atomic E-state index is 13.0. The fourth-order valence-electron chi connectivity index (χ4n) is 1.58. The Kier molecular flexibility index (Phi) is 3.50. The van der Waals surface area contributed by atoms with Crippen molar-refractivity contribution in [3.8, 4) is 11.3 Å². The molecule has 0 aliphatic heterocycles. The summed E-state index contributed by atoms with van der Waals surface area (Å²) in [4.78, 5) is 6.18. The molecule has 0 amide bonds.